The van der Waals surface area contributed by atoms with Crippen molar-refractivity contribution in [1.82, 2.24) is 5.43 Å². The summed E-state index contributed by atoms with van der Waals surface area (Å²) in [5.74, 6) is -0.888. The lowest BCUT2D eigenvalue weighted by Gasteiger charge is -2.10. The van der Waals surface area contributed by atoms with Crippen molar-refractivity contribution in [3.63, 3.8) is 0 Å². The number of carbonyl (C=O) groups excluding carboxylic acids is 2. The predicted octanol–water partition coefficient (Wildman–Crippen LogP) is 5.44. The number of nitrogens with zero attached hydrogens (tertiary/aromatic N) is 1. The number of carbonyl (C=O) groups is 2. The summed E-state index contributed by atoms with van der Waals surface area (Å²) in [5, 5.41) is 6.30. The maximum atomic E-state index is 12.8. The van der Waals surface area contributed by atoms with E-state index in [-0.39, 0.29) is 24.4 Å². The number of nitrogens with one attached hydrogen (secondary N) is 2. The molecule has 8 heteroatoms. The Bertz CT molecular complexity index is 1140. The highest BCUT2D eigenvalue weighted by Crippen LogP contribution is 2.30. The minimum atomic E-state index is -4.50. The van der Waals surface area contributed by atoms with Crippen LogP contribution in [-0.4, -0.2) is 17.5 Å². The molecule has 2 N–H and O–H groups in total. The molecular weight excluding hydrogens is 431 g/mol. The number of hydrogen-bond donors (Lipinski definition) is 2. The van der Waals surface area contributed by atoms with E-state index in [0.29, 0.717) is 5.71 Å². The van der Waals surface area contributed by atoms with Crippen molar-refractivity contribution in [2.75, 3.05) is 5.32 Å². The van der Waals surface area contributed by atoms with E-state index in [4.69, 9.17) is 0 Å². The van der Waals surface area contributed by atoms with Gasteiger partial charge in [-0.2, -0.15) is 18.3 Å². The molecule has 0 aliphatic rings. The van der Waals surface area contributed by atoms with E-state index in [0.717, 1.165) is 28.8 Å². The van der Waals surface area contributed by atoms with Crippen LogP contribution in [0.2, 0.25) is 0 Å². The Hall–Kier alpha value is -3.94. The third-order valence-corrected chi connectivity index (χ3v) is 4.69. The Morgan fingerprint density at radius 3 is 2.18 bits per heavy atom. The lowest BCUT2D eigenvalue weighted by atomic mass is 10.0. The highest BCUT2D eigenvalue weighted by atomic mass is 19.4. The van der Waals surface area contributed by atoms with Gasteiger partial charge in [0.1, 0.15) is 0 Å². The Morgan fingerprint density at radius 1 is 0.848 bits per heavy atom. The molecular formula is C25H22F3N3O2. The van der Waals surface area contributed by atoms with Crippen LogP contribution in [0.3, 0.4) is 0 Å². The molecule has 5 nitrogen and oxygen atoms in total. The van der Waals surface area contributed by atoms with Gasteiger partial charge in [0.25, 0.3) is 0 Å². The molecule has 170 valence electrons. The second-order valence-corrected chi connectivity index (χ2v) is 7.43. The molecule has 0 atom stereocenters. The molecule has 0 heterocycles. The summed E-state index contributed by atoms with van der Waals surface area (Å²) in [5.41, 5.74) is 4.82. The van der Waals surface area contributed by atoms with Crippen LogP contribution in [0.5, 0.6) is 0 Å². The topological polar surface area (TPSA) is 70.6 Å². The molecule has 0 radical (unpaired) electrons. The first-order valence-corrected chi connectivity index (χ1v) is 10.1. The Kier molecular flexibility index (Phi) is 7.61. The van der Waals surface area contributed by atoms with Gasteiger partial charge < -0.3 is 5.32 Å². The Labute approximate surface area is 189 Å². The minimum Gasteiger partial charge on any atom is -0.326 e. The first-order valence-electron chi connectivity index (χ1n) is 10.1. The molecule has 3 aromatic carbocycles. The van der Waals surface area contributed by atoms with Gasteiger partial charge in [-0.3, -0.25) is 9.59 Å². The van der Waals surface area contributed by atoms with Gasteiger partial charge in [0.2, 0.25) is 11.8 Å². The summed E-state index contributed by atoms with van der Waals surface area (Å²) in [4.78, 5) is 24.2. The number of anilines is 1. The lowest BCUT2D eigenvalue weighted by molar-refractivity contribution is -0.137. The molecule has 0 aliphatic heterocycles. The molecule has 0 saturated heterocycles. The maximum Gasteiger partial charge on any atom is 0.416 e. The fraction of sp³-hybridized carbons (Fsp3) is 0.160. The van der Waals surface area contributed by atoms with Crippen LogP contribution < -0.4 is 10.7 Å². The summed E-state index contributed by atoms with van der Waals surface area (Å²) in [6.07, 6.45) is -4.56. The van der Waals surface area contributed by atoms with Crippen molar-refractivity contribution >= 4 is 23.2 Å². The van der Waals surface area contributed by atoms with Crippen LogP contribution in [0.4, 0.5) is 18.9 Å². The third kappa shape index (κ3) is 7.31. The number of halogens is 3. The van der Waals surface area contributed by atoms with Gasteiger partial charge in [-0.15, -0.1) is 0 Å². The SMILES string of the molecule is C/C(CC(=O)Nc1cccc(C(F)(F)F)c1)=N\NC(=O)Cc1ccc(-c2ccccc2)cc1. The normalized spacial score (nSPS) is 11.7. The number of amides is 2. The molecule has 33 heavy (non-hydrogen) atoms. The van der Waals surface area contributed by atoms with Gasteiger partial charge in [0, 0.05) is 11.4 Å². The number of rotatable bonds is 7. The van der Waals surface area contributed by atoms with Crippen molar-refractivity contribution < 1.29 is 22.8 Å². The van der Waals surface area contributed by atoms with E-state index >= 15 is 0 Å². The van der Waals surface area contributed by atoms with Crippen molar-refractivity contribution in [3.8, 4) is 11.1 Å². The zero-order valence-corrected chi connectivity index (χ0v) is 17.8. The van der Waals surface area contributed by atoms with Crippen LogP contribution in [0.25, 0.3) is 11.1 Å². The molecule has 0 saturated carbocycles. The number of alkyl halides is 3. The summed E-state index contributed by atoms with van der Waals surface area (Å²) in [6.45, 7) is 1.54. The van der Waals surface area contributed by atoms with Crippen molar-refractivity contribution in [2.45, 2.75) is 25.9 Å². The number of hydrogen-bond acceptors (Lipinski definition) is 3. The summed E-state index contributed by atoms with van der Waals surface area (Å²) < 4.78 is 38.3. The number of benzene rings is 3. The first-order chi connectivity index (χ1) is 15.7. The van der Waals surface area contributed by atoms with Crippen LogP contribution in [0, 0.1) is 0 Å². The highest BCUT2D eigenvalue weighted by Gasteiger charge is 2.30. The molecule has 3 rings (SSSR count). The maximum absolute atomic E-state index is 12.8. The lowest BCUT2D eigenvalue weighted by Crippen LogP contribution is -2.23. The van der Waals surface area contributed by atoms with Crippen LogP contribution in [0.15, 0.2) is 84.0 Å². The Balaban J connectivity index is 1.49. The average Bonchev–Trinajstić information content (AvgIpc) is 2.78. The summed E-state index contributed by atoms with van der Waals surface area (Å²) >= 11 is 0. The van der Waals surface area contributed by atoms with Crippen LogP contribution in [-0.2, 0) is 22.2 Å². The second kappa shape index (κ2) is 10.6. The zero-order valence-electron chi connectivity index (χ0n) is 17.8. The van der Waals surface area contributed by atoms with Gasteiger partial charge in [-0.05, 0) is 41.8 Å². The standard InChI is InChI=1S/C25H22F3N3O2/c1-17(14-23(32)29-22-9-5-8-21(16-22)25(26,27)28)30-31-24(33)15-18-10-12-20(13-11-18)19-6-3-2-4-7-19/h2-13,16H,14-15H2,1H3,(H,29,32)(H,31,33)/b30-17+. The molecule has 0 bridgehead atoms. The fourth-order valence-corrected chi connectivity index (χ4v) is 3.08. The van der Waals surface area contributed by atoms with E-state index < -0.39 is 17.6 Å². The smallest absolute Gasteiger partial charge is 0.326 e. The molecule has 0 aliphatic carbocycles. The molecule has 0 fully saturated rings. The third-order valence-electron chi connectivity index (χ3n) is 4.69. The molecule has 0 spiro atoms. The van der Waals surface area contributed by atoms with Gasteiger partial charge in [0.15, 0.2) is 0 Å². The van der Waals surface area contributed by atoms with Crippen molar-refractivity contribution in [1.29, 1.82) is 0 Å². The fourth-order valence-electron chi connectivity index (χ4n) is 3.08. The van der Waals surface area contributed by atoms with Gasteiger partial charge in [-0.25, -0.2) is 5.43 Å². The first kappa shape index (κ1) is 23.7. The van der Waals surface area contributed by atoms with Gasteiger partial charge >= 0.3 is 6.18 Å². The quantitative estimate of drug-likeness (QED) is 0.370. The molecule has 0 unspecified atom stereocenters. The number of hydrazone groups is 1. The second-order valence-electron chi connectivity index (χ2n) is 7.43. The van der Waals surface area contributed by atoms with E-state index in [1.54, 1.807) is 6.92 Å². The van der Waals surface area contributed by atoms with Gasteiger partial charge in [-0.1, -0.05) is 60.7 Å². The van der Waals surface area contributed by atoms with E-state index in [1.165, 1.54) is 12.1 Å². The highest BCUT2D eigenvalue weighted by molar-refractivity contribution is 6.05. The Morgan fingerprint density at radius 2 is 1.52 bits per heavy atom. The van der Waals surface area contributed by atoms with Gasteiger partial charge in [0.05, 0.1) is 18.4 Å². The van der Waals surface area contributed by atoms with E-state index in [9.17, 15) is 22.8 Å². The van der Waals surface area contributed by atoms with Crippen LogP contribution >= 0.6 is 0 Å². The summed E-state index contributed by atoms with van der Waals surface area (Å²) in [6, 6.07) is 21.8. The monoisotopic (exact) mass is 453 g/mol. The largest absolute Gasteiger partial charge is 0.416 e. The molecule has 3 aromatic rings. The average molecular weight is 453 g/mol. The summed E-state index contributed by atoms with van der Waals surface area (Å²) in [7, 11) is 0. The van der Waals surface area contributed by atoms with E-state index in [1.807, 2.05) is 54.6 Å². The minimum absolute atomic E-state index is 0.0330. The zero-order chi connectivity index (χ0) is 23.8. The molecule has 0 aromatic heterocycles. The molecule has 2 amide bonds. The van der Waals surface area contributed by atoms with Crippen molar-refractivity contribution in [2.24, 2.45) is 5.10 Å². The van der Waals surface area contributed by atoms with Crippen LogP contribution in [0.1, 0.15) is 24.5 Å². The van der Waals surface area contributed by atoms with Crippen molar-refractivity contribution in [3.05, 3.63) is 90.0 Å². The predicted molar refractivity (Wildman–Crippen MR) is 122 cm³/mol. The van der Waals surface area contributed by atoms with E-state index in [2.05, 4.69) is 15.8 Å².